The molecule has 0 spiro atoms. The summed E-state index contributed by atoms with van der Waals surface area (Å²) in [6.45, 7) is 3.62. The quantitative estimate of drug-likeness (QED) is 0.412. The van der Waals surface area contributed by atoms with Gasteiger partial charge in [-0.05, 0) is 72.2 Å². The minimum absolute atomic E-state index is 0.164. The Bertz CT molecular complexity index is 717. The van der Waals surface area contributed by atoms with Gasteiger partial charge in [0.15, 0.2) is 0 Å². The summed E-state index contributed by atoms with van der Waals surface area (Å²) in [6, 6.07) is 1.74. The van der Waals surface area contributed by atoms with Gasteiger partial charge < -0.3 is 9.45 Å². The van der Waals surface area contributed by atoms with Gasteiger partial charge in [0.05, 0.1) is 6.54 Å². The highest BCUT2D eigenvalue weighted by atomic mass is 79.9. The van der Waals surface area contributed by atoms with Gasteiger partial charge in [-0.3, -0.25) is 4.21 Å². The van der Waals surface area contributed by atoms with Crippen LogP contribution in [-0.4, -0.2) is 25.9 Å². The van der Waals surface area contributed by atoms with E-state index in [0.29, 0.717) is 17.3 Å². The van der Waals surface area contributed by atoms with E-state index in [4.69, 9.17) is 11.6 Å². The number of hydrogen-bond donors (Lipinski definition) is 0. The van der Waals surface area contributed by atoms with Crippen LogP contribution in [0, 0.1) is 0 Å². The number of nitrogens with zero attached hydrogens (tertiary/aromatic N) is 1. The van der Waals surface area contributed by atoms with E-state index in [9.17, 15) is 13.2 Å². The second kappa shape index (κ2) is 6.14. The molecule has 2 unspecified atom stereocenters. The molecule has 1 aliphatic heterocycles. The van der Waals surface area contributed by atoms with E-state index in [1.54, 1.807) is 17.0 Å². The van der Waals surface area contributed by atoms with E-state index in [-0.39, 0.29) is 16.3 Å². The van der Waals surface area contributed by atoms with Crippen LogP contribution in [0.4, 0.5) is 4.39 Å². The number of fused-ring (bicyclic) bond motifs is 3. The van der Waals surface area contributed by atoms with Crippen molar-refractivity contribution < 1.29 is 13.2 Å². The molecule has 3 nitrogen and oxygen atoms in total. The zero-order chi connectivity index (χ0) is 16.9. The average molecular weight is 422 g/mol. The lowest BCUT2D eigenvalue weighted by atomic mass is 9.94. The first-order valence-corrected chi connectivity index (χ1v) is 9.77. The van der Waals surface area contributed by atoms with E-state index in [1.807, 2.05) is 0 Å². The maximum absolute atomic E-state index is 14.0. The Hall–Kier alpha value is -0.430. The summed E-state index contributed by atoms with van der Waals surface area (Å²) in [5, 5.41) is 0.378. The van der Waals surface area contributed by atoms with Crippen molar-refractivity contribution in [3.8, 4) is 0 Å². The molecule has 1 heterocycles. The van der Waals surface area contributed by atoms with Crippen LogP contribution >= 0.6 is 27.5 Å². The molecule has 1 aromatic carbocycles. The molecule has 1 aromatic rings. The number of rotatable bonds is 3. The molecule has 0 N–H and O–H groups in total. The Balaban J connectivity index is 2.13. The van der Waals surface area contributed by atoms with Gasteiger partial charge in [0.1, 0.15) is 10.8 Å². The van der Waals surface area contributed by atoms with Crippen molar-refractivity contribution in [2.75, 3.05) is 6.54 Å². The van der Waals surface area contributed by atoms with Gasteiger partial charge >= 0.3 is 0 Å². The Morgan fingerprint density at radius 2 is 2.22 bits per heavy atom. The second-order valence-corrected chi connectivity index (χ2v) is 9.02. The highest BCUT2D eigenvalue weighted by molar-refractivity contribution is 9.09. The van der Waals surface area contributed by atoms with Crippen molar-refractivity contribution in [2.45, 2.75) is 48.6 Å². The first kappa shape index (κ1) is 17.4. The Kier molecular flexibility index (Phi) is 4.64. The summed E-state index contributed by atoms with van der Waals surface area (Å²) in [5.74, 6) is 0. The van der Waals surface area contributed by atoms with Crippen LogP contribution in [0.2, 0.25) is 0 Å². The topological polar surface area (TPSA) is 43.4 Å². The van der Waals surface area contributed by atoms with Crippen LogP contribution in [0.5, 0.6) is 0 Å². The normalized spacial score (nSPS) is 21.7. The monoisotopic (exact) mass is 420 g/mol. The third-order valence-electron chi connectivity index (χ3n) is 4.24. The van der Waals surface area contributed by atoms with Gasteiger partial charge in [-0.1, -0.05) is 27.5 Å². The zero-order valence-corrected chi connectivity index (χ0v) is 16.0. The molecule has 0 fully saturated rings. The Morgan fingerprint density at radius 1 is 1.52 bits per heavy atom. The molecular weight excluding hydrogens is 405 g/mol. The smallest absolute Gasteiger partial charge is 0.122 e. The summed E-state index contributed by atoms with van der Waals surface area (Å²) in [6.07, 6.45) is 3.47. The fourth-order valence-electron chi connectivity index (χ4n) is 3.33. The minimum Gasteiger partial charge on any atom is -0.768 e. The summed E-state index contributed by atoms with van der Waals surface area (Å²) < 4.78 is 37.3. The van der Waals surface area contributed by atoms with Crippen molar-refractivity contribution >= 4 is 44.7 Å². The highest BCUT2D eigenvalue weighted by Gasteiger charge is 2.31. The molecule has 0 saturated heterocycles. The van der Waals surface area contributed by atoms with Gasteiger partial charge in [0.2, 0.25) is 0 Å². The van der Waals surface area contributed by atoms with E-state index in [2.05, 4.69) is 15.9 Å². The predicted molar refractivity (Wildman–Crippen MR) is 93.0 cm³/mol. The van der Waals surface area contributed by atoms with Crippen molar-refractivity contribution in [3.05, 3.63) is 33.5 Å². The number of benzene rings is 1. The first-order valence-electron chi connectivity index (χ1n) is 7.40. The molecular formula is C16H17BrClFNO2S-. The molecule has 1 aliphatic carbocycles. The van der Waals surface area contributed by atoms with E-state index < -0.39 is 16.7 Å². The number of hydrogen-bond acceptors (Lipinski definition) is 3. The Labute approximate surface area is 151 Å². The summed E-state index contributed by atoms with van der Waals surface area (Å²) in [7, 11) is 0. The number of alkyl halides is 2. The fraction of sp³-hybridized carbons (Fsp3) is 0.500. The van der Waals surface area contributed by atoms with Gasteiger partial charge in [-0.25, -0.2) is 4.39 Å². The van der Waals surface area contributed by atoms with Gasteiger partial charge in [-0.15, -0.1) is 0 Å². The summed E-state index contributed by atoms with van der Waals surface area (Å²) >= 11 is 7.55. The van der Waals surface area contributed by atoms with Crippen LogP contribution in [-0.2, 0) is 24.0 Å². The molecule has 0 saturated carbocycles. The van der Waals surface area contributed by atoms with Crippen molar-refractivity contribution in [1.29, 1.82) is 0 Å². The van der Waals surface area contributed by atoms with Gasteiger partial charge in [0, 0.05) is 16.3 Å². The highest BCUT2D eigenvalue weighted by Crippen LogP contribution is 2.44. The van der Waals surface area contributed by atoms with E-state index >= 15 is 0 Å². The first-order chi connectivity index (χ1) is 10.7. The van der Waals surface area contributed by atoms with Crippen LogP contribution < -0.4 is 0 Å². The molecule has 23 heavy (non-hydrogen) atoms. The lowest BCUT2D eigenvalue weighted by Gasteiger charge is -2.34. The molecule has 2 atom stereocenters. The molecule has 0 amide bonds. The SMILES string of the molecule is CC(C)(F)CN1Cc2c(c(S(=O)[O-])cc3c2CCC3Br)C=C1Cl. The third-order valence-corrected chi connectivity index (χ3v) is 6.23. The van der Waals surface area contributed by atoms with Crippen LogP contribution in [0.15, 0.2) is 16.1 Å². The third kappa shape index (κ3) is 3.36. The lowest BCUT2D eigenvalue weighted by Crippen LogP contribution is -2.35. The van der Waals surface area contributed by atoms with Crippen molar-refractivity contribution in [3.63, 3.8) is 0 Å². The Morgan fingerprint density at radius 3 is 2.83 bits per heavy atom. The van der Waals surface area contributed by atoms with Crippen molar-refractivity contribution in [1.82, 2.24) is 4.90 Å². The summed E-state index contributed by atoms with van der Waals surface area (Å²) in [5.41, 5.74) is 2.41. The van der Waals surface area contributed by atoms with Crippen LogP contribution in [0.3, 0.4) is 0 Å². The fourth-order valence-corrected chi connectivity index (χ4v) is 4.78. The average Bonchev–Trinajstić information content (AvgIpc) is 2.79. The molecule has 126 valence electrons. The maximum Gasteiger partial charge on any atom is 0.122 e. The molecule has 3 rings (SSSR count). The summed E-state index contributed by atoms with van der Waals surface area (Å²) in [4.78, 5) is 2.20. The minimum atomic E-state index is -2.34. The largest absolute Gasteiger partial charge is 0.768 e. The number of halogens is 3. The van der Waals surface area contributed by atoms with Gasteiger partial charge in [-0.2, -0.15) is 0 Å². The maximum atomic E-state index is 14.0. The molecule has 2 aliphatic rings. The zero-order valence-electron chi connectivity index (χ0n) is 12.9. The van der Waals surface area contributed by atoms with Gasteiger partial charge in [0.25, 0.3) is 0 Å². The molecule has 0 bridgehead atoms. The predicted octanol–water partition coefficient (Wildman–Crippen LogP) is 4.41. The van der Waals surface area contributed by atoms with E-state index in [1.165, 1.54) is 13.8 Å². The molecule has 7 heteroatoms. The molecule has 0 aromatic heterocycles. The second-order valence-electron chi connectivity index (χ2n) is 6.62. The van der Waals surface area contributed by atoms with Crippen molar-refractivity contribution in [2.24, 2.45) is 0 Å². The van der Waals surface area contributed by atoms with Crippen LogP contribution in [0.25, 0.3) is 6.08 Å². The lowest BCUT2D eigenvalue weighted by molar-refractivity contribution is 0.148. The van der Waals surface area contributed by atoms with Crippen LogP contribution in [0.1, 0.15) is 47.3 Å². The van der Waals surface area contributed by atoms with E-state index in [0.717, 1.165) is 29.5 Å². The molecule has 0 radical (unpaired) electrons. The standard InChI is InChI=1S/C16H18BrClFNO2S/c1-16(2,19)8-20-7-12-9-3-4-13(17)10(9)5-14(23(21)22)11(12)6-15(20)18/h5-6,13H,3-4,7-8H2,1-2H3,(H,21,22)/p-1.